The van der Waals surface area contributed by atoms with Gasteiger partial charge in [0.2, 0.25) is 0 Å². The van der Waals surface area contributed by atoms with Gasteiger partial charge < -0.3 is 10.2 Å². The summed E-state index contributed by atoms with van der Waals surface area (Å²) in [6, 6.07) is 5.97. The molecule has 1 heterocycles. The van der Waals surface area contributed by atoms with Gasteiger partial charge in [-0.15, -0.1) is 0 Å². The van der Waals surface area contributed by atoms with Crippen LogP contribution < -0.4 is 10.2 Å². The molecule has 2 rings (SSSR count). The molecule has 3 atom stereocenters. The van der Waals surface area contributed by atoms with Crippen LogP contribution in [0.3, 0.4) is 0 Å². The number of thioether (sulfide) groups is 1. The molecule has 0 aromatic heterocycles. The Bertz CT molecular complexity index is 452. The molecule has 1 aromatic carbocycles. The first-order chi connectivity index (χ1) is 9.56. The summed E-state index contributed by atoms with van der Waals surface area (Å²) in [5.41, 5.74) is 1.86. The molecule has 0 spiro atoms. The average molecular weight is 296 g/mol. The molecule has 112 valence electrons. The van der Waals surface area contributed by atoms with E-state index >= 15 is 0 Å². The highest BCUT2D eigenvalue weighted by molar-refractivity contribution is 8.00. The van der Waals surface area contributed by atoms with E-state index in [1.165, 1.54) is 0 Å². The van der Waals surface area contributed by atoms with Crippen LogP contribution in [0.4, 0.5) is 10.1 Å². The van der Waals surface area contributed by atoms with E-state index in [2.05, 4.69) is 37.9 Å². The summed E-state index contributed by atoms with van der Waals surface area (Å²) in [6.45, 7) is 10.4. The number of anilines is 1. The molecule has 0 radical (unpaired) electrons. The minimum absolute atomic E-state index is 0.0989. The summed E-state index contributed by atoms with van der Waals surface area (Å²) in [6.07, 6.45) is 0. The lowest BCUT2D eigenvalue weighted by Gasteiger charge is -2.40. The fourth-order valence-corrected chi connectivity index (χ4v) is 3.95. The van der Waals surface area contributed by atoms with Gasteiger partial charge in [0, 0.05) is 29.6 Å². The summed E-state index contributed by atoms with van der Waals surface area (Å²) < 4.78 is 14.5. The highest BCUT2D eigenvalue weighted by Crippen LogP contribution is 2.35. The number of halogens is 1. The minimum atomic E-state index is -0.0989. The zero-order valence-corrected chi connectivity index (χ0v) is 13.6. The van der Waals surface area contributed by atoms with E-state index in [4.69, 9.17) is 0 Å². The molecule has 1 fully saturated rings. The van der Waals surface area contributed by atoms with Crippen molar-refractivity contribution < 1.29 is 4.39 Å². The van der Waals surface area contributed by atoms with E-state index in [1.54, 1.807) is 6.07 Å². The Labute approximate surface area is 126 Å². The highest BCUT2D eigenvalue weighted by Gasteiger charge is 2.29. The van der Waals surface area contributed by atoms with Crippen molar-refractivity contribution in [3.8, 4) is 0 Å². The van der Waals surface area contributed by atoms with Gasteiger partial charge >= 0.3 is 0 Å². The quantitative estimate of drug-likeness (QED) is 0.909. The third-order valence-electron chi connectivity index (χ3n) is 4.17. The van der Waals surface area contributed by atoms with Crippen LogP contribution in [-0.4, -0.2) is 30.1 Å². The van der Waals surface area contributed by atoms with Gasteiger partial charge in [-0.25, -0.2) is 4.39 Å². The molecule has 0 amide bonds. The first-order valence-corrected chi connectivity index (χ1v) is 8.51. The Morgan fingerprint density at radius 2 is 2.20 bits per heavy atom. The second-order valence-electron chi connectivity index (χ2n) is 5.47. The van der Waals surface area contributed by atoms with E-state index in [-0.39, 0.29) is 11.9 Å². The minimum Gasteiger partial charge on any atom is -0.364 e. The fraction of sp³-hybridized carbons (Fsp3) is 0.625. The third-order valence-corrected chi connectivity index (χ3v) is 5.50. The van der Waals surface area contributed by atoms with Crippen molar-refractivity contribution in [2.24, 2.45) is 0 Å². The number of rotatable bonds is 4. The van der Waals surface area contributed by atoms with Gasteiger partial charge in [0.25, 0.3) is 0 Å². The second kappa shape index (κ2) is 6.81. The number of benzene rings is 1. The van der Waals surface area contributed by atoms with E-state index < -0.39 is 0 Å². The summed E-state index contributed by atoms with van der Waals surface area (Å²) in [5.74, 6) is 0.965. The van der Waals surface area contributed by atoms with Crippen LogP contribution in [0.2, 0.25) is 0 Å². The van der Waals surface area contributed by atoms with Crippen LogP contribution >= 0.6 is 11.8 Å². The zero-order valence-electron chi connectivity index (χ0n) is 12.8. The molecule has 2 nitrogen and oxygen atoms in total. The summed E-state index contributed by atoms with van der Waals surface area (Å²) in [5, 5.41) is 3.93. The van der Waals surface area contributed by atoms with E-state index in [1.807, 2.05) is 23.9 Å². The Balaban J connectivity index is 2.38. The summed E-state index contributed by atoms with van der Waals surface area (Å²) >= 11 is 1.98. The lowest BCUT2D eigenvalue weighted by molar-refractivity contribution is 0.555. The largest absolute Gasteiger partial charge is 0.364 e. The lowest BCUT2D eigenvalue weighted by Crippen LogP contribution is -2.45. The van der Waals surface area contributed by atoms with E-state index in [0.29, 0.717) is 11.3 Å². The molecule has 1 aromatic rings. The number of para-hydroxylation sites is 1. The highest BCUT2D eigenvalue weighted by atomic mass is 32.2. The predicted molar refractivity (Wildman–Crippen MR) is 87.2 cm³/mol. The number of hydrogen-bond donors (Lipinski definition) is 1. The number of hydrogen-bond acceptors (Lipinski definition) is 3. The number of nitrogens with one attached hydrogen (secondary N) is 1. The SMILES string of the molecule is CCNC(C)c1cccc(F)c1N1CCSC(C)C1C. The molecule has 1 aliphatic heterocycles. The summed E-state index contributed by atoms with van der Waals surface area (Å²) in [4.78, 5) is 2.25. The maximum absolute atomic E-state index is 14.5. The zero-order chi connectivity index (χ0) is 14.7. The topological polar surface area (TPSA) is 15.3 Å². The van der Waals surface area contributed by atoms with Crippen LogP contribution in [0.15, 0.2) is 18.2 Å². The molecule has 0 bridgehead atoms. The van der Waals surface area contributed by atoms with Crippen LogP contribution in [-0.2, 0) is 0 Å². The Morgan fingerprint density at radius 3 is 2.90 bits per heavy atom. The Kier molecular flexibility index (Phi) is 5.33. The Hall–Kier alpha value is -0.740. The maximum Gasteiger partial charge on any atom is 0.146 e. The van der Waals surface area contributed by atoms with Gasteiger partial charge in [0.05, 0.1) is 5.69 Å². The van der Waals surface area contributed by atoms with Crippen molar-refractivity contribution in [1.29, 1.82) is 0 Å². The monoisotopic (exact) mass is 296 g/mol. The second-order valence-corrected chi connectivity index (χ2v) is 6.95. The lowest BCUT2D eigenvalue weighted by atomic mass is 10.0. The van der Waals surface area contributed by atoms with E-state index in [0.717, 1.165) is 30.1 Å². The Morgan fingerprint density at radius 1 is 1.45 bits per heavy atom. The van der Waals surface area contributed by atoms with Gasteiger partial charge in [-0.05, 0) is 32.0 Å². The van der Waals surface area contributed by atoms with Gasteiger partial charge in [-0.2, -0.15) is 11.8 Å². The maximum atomic E-state index is 14.5. The first kappa shape index (κ1) is 15.6. The van der Waals surface area contributed by atoms with Crippen molar-refractivity contribution in [1.82, 2.24) is 5.32 Å². The van der Waals surface area contributed by atoms with Gasteiger partial charge in [-0.3, -0.25) is 0 Å². The van der Waals surface area contributed by atoms with Gasteiger partial charge in [0.15, 0.2) is 0 Å². The summed E-state index contributed by atoms with van der Waals surface area (Å²) in [7, 11) is 0. The standard InChI is InChI=1S/C16H25FN2S/c1-5-18-11(2)14-7-6-8-15(17)16(14)19-9-10-20-13(4)12(19)3/h6-8,11-13,18H,5,9-10H2,1-4H3. The molecule has 4 heteroatoms. The molecule has 20 heavy (non-hydrogen) atoms. The van der Waals surface area contributed by atoms with Crippen molar-refractivity contribution in [3.63, 3.8) is 0 Å². The molecular formula is C16H25FN2S. The van der Waals surface area contributed by atoms with Crippen molar-refractivity contribution >= 4 is 17.4 Å². The first-order valence-electron chi connectivity index (χ1n) is 7.46. The molecule has 0 saturated carbocycles. The molecule has 1 N–H and O–H groups in total. The third kappa shape index (κ3) is 3.12. The average Bonchev–Trinajstić information content (AvgIpc) is 2.42. The van der Waals surface area contributed by atoms with Gasteiger partial charge in [-0.1, -0.05) is 26.0 Å². The van der Waals surface area contributed by atoms with Crippen LogP contribution in [0.25, 0.3) is 0 Å². The fourth-order valence-electron chi connectivity index (χ4n) is 2.85. The normalized spacial score (nSPS) is 24.8. The van der Waals surface area contributed by atoms with E-state index in [9.17, 15) is 4.39 Å². The molecule has 0 aliphatic carbocycles. The van der Waals surface area contributed by atoms with Crippen LogP contribution in [0.1, 0.15) is 39.3 Å². The van der Waals surface area contributed by atoms with Crippen molar-refractivity contribution in [2.45, 2.75) is 45.0 Å². The molecular weight excluding hydrogens is 271 g/mol. The smallest absolute Gasteiger partial charge is 0.146 e. The van der Waals surface area contributed by atoms with Crippen LogP contribution in [0.5, 0.6) is 0 Å². The van der Waals surface area contributed by atoms with Crippen LogP contribution in [0, 0.1) is 5.82 Å². The predicted octanol–water partition coefficient (Wildman–Crippen LogP) is 3.83. The molecule has 3 unspecified atom stereocenters. The molecule has 1 saturated heterocycles. The number of nitrogens with zero attached hydrogens (tertiary/aromatic N) is 1. The van der Waals surface area contributed by atoms with Gasteiger partial charge in [0.1, 0.15) is 5.82 Å². The van der Waals surface area contributed by atoms with Crippen molar-refractivity contribution in [2.75, 3.05) is 23.7 Å². The molecule has 1 aliphatic rings. The van der Waals surface area contributed by atoms with Crippen molar-refractivity contribution in [3.05, 3.63) is 29.6 Å².